The van der Waals surface area contributed by atoms with E-state index in [1.165, 1.54) is 12.1 Å². The first-order chi connectivity index (χ1) is 9.17. The first kappa shape index (κ1) is 12.0. The molecule has 0 atom stereocenters. The Morgan fingerprint density at radius 2 is 2.32 bits per heavy atom. The van der Waals surface area contributed by atoms with E-state index < -0.39 is 5.41 Å². The van der Waals surface area contributed by atoms with Crippen molar-refractivity contribution in [3.63, 3.8) is 0 Å². The van der Waals surface area contributed by atoms with Gasteiger partial charge in [-0.1, -0.05) is 6.08 Å². The van der Waals surface area contributed by atoms with E-state index in [0.717, 1.165) is 29.3 Å². The van der Waals surface area contributed by atoms with Crippen LogP contribution in [0.5, 0.6) is 0 Å². The summed E-state index contributed by atoms with van der Waals surface area (Å²) in [5, 5.41) is 3.78. The fourth-order valence-corrected chi connectivity index (χ4v) is 2.57. The van der Waals surface area contributed by atoms with Crippen molar-refractivity contribution >= 4 is 16.8 Å². The van der Waals surface area contributed by atoms with Gasteiger partial charge in [0.15, 0.2) is 0 Å². The summed E-state index contributed by atoms with van der Waals surface area (Å²) in [5.41, 5.74) is 1.25. The van der Waals surface area contributed by atoms with E-state index in [1.807, 2.05) is 6.20 Å². The van der Waals surface area contributed by atoms with Gasteiger partial charge in [-0.3, -0.25) is 4.79 Å². The molecule has 1 aliphatic carbocycles. The number of fused-ring (bicyclic) bond motifs is 1. The van der Waals surface area contributed by atoms with Gasteiger partial charge in [-0.25, -0.2) is 4.39 Å². The summed E-state index contributed by atoms with van der Waals surface area (Å²) in [6.07, 6.45) is 5.16. The third-order valence-electron chi connectivity index (χ3n) is 3.75. The second kappa shape index (κ2) is 4.23. The van der Waals surface area contributed by atoms with Gasteiger partial charge in [0.25, 0.3) is 0 Å². The molecular weight excluding hydrogens is 243 g/mol. The zero-order chi connectivity index (χ0) is 13.5. The molecule has 0 bridgehead atoms. The minimum Gasteiger partial charge on any atom is -0.361 e. The lowest BCUT2D eigenvalue weighted by Crippen LogP contribution is -2.34. The number of aromatic nitrogens is 1. The van der Waals surface area contributed by atoms with Crippen LogP contribution in [0.15, 0.2) is 37.1 Å². The maximum absolute atomic E-state index is 13.2. The summed E-state index contributed by atoms with van der Waals surface area (Å²) in [6.45, 7) is 4.06. The van der Waals surface area contributed by atoms with Crippen LogP contribution in [0, 0.1) is 5.82 Å². The summed E-state index contributed by atoms with van der Waals surface area (Å²) in [7, 11) is 0. The molecule has 0 saturated heterocycles. The fourth-order valence-electron chi connectivity index (χ4n) is 2.57. The monoisotopic (exact) mass is 258 g/mol. The van der Waals surface area contributed by atoms with Crippen molar-refractivity contribution in [1.29, 1.82) is 0 Å². The van der Waals surface area contributed by atoms with Gasteiger partial charge in [0.05, 0.1) is 5.41 Å². The molecule has 1 heterocycles. The predicted octanol–water partition coefficient (Wildman–Crippen LogP) is 2.64. The van der Waals surface area contributed by atoms with E-state index in [1.54, 1.807) is 12.1 Å². The molecule has 1 aliphatic rings. The Balaban J connectivity index is 2.00. The van der Waals surface area contributed by atoms with Crippen molar-refractivity contribution in [1.82, 2.24) is 10.3 Å². The van der Waals surface area contributed by atoms with Crippen molar-refractivity contribution in [2.24, 2.45) is 0 Å². The SMILES string of the molecule is C=CCNC(=O)C1(c2c[nH]c3cc(F)ccc23)CC1. The van der Waals surface area contributed by atoms with Crippen molar-refractivity contribution < 1.29 is 9.18 Å². The number of carbonyl (C=O) groups is 1. The number of hydrogen-bond donors (Lipinski definition) is 2. The average molecular weight is 258 g/mol. The molecule has 1 aromatic heterocycles. The Kier molecular flexibility index (Phi) is 2.66. The molecule has 1 aromatic carbocycles. The molecular formula is C15H15FN2O. The number of hydrogen-bond acceptors (Lipinski definition) is 1. The minimum atomic E-state index is -0.445. The molecule has 19 heavy (non-hydrogen) atoms. The van der Waals surface area contributed by atoms with Gasteiger partial charge in [0.1, 0.15) is 5.82 Å². The molecule has 1 fully saturated rings. The van der Waals surface area contributed by atoms with Crippen LogP contribution in [-0.2, 0) is 10.2 Å². The third-order valence-corrected chi connectivity index (χ3v) is 3.75. The summed E-state index contributed by atoms with van der Waals surface area (Å²) < 4.78 is 13.2. The number of halogens is 1. The van der Waals surface area contributed by atoms with E-state index in [4.69, 9.17) is 0 Å². The lowest BCUT2D eigenvalue weighted by molar-refractivity contribution is -0.123. The van der Waals surface area contributed by atoms with Crippen molar-refractivity contribution in [2.45, 2.75) is 18.3 Å². The van der Waals surface area contributed by atoms with E-state index in [-0.39, 0.29) is 11.7 Å². The molecule has 3 rings (SSSR count). The molecule has 0 unspecified atom stereocenters. The molecule has 3 nitrogen and oxygen atoms in total. The Hall–Kier alpha value is -2.10. The van der Waals surface area contributed by atoms with Crippen LogP contribution >= 0.6 is 0 Å². The minimum absolute atomic E-state index is 0.0256. The molecule has 2 N–H and O–H groups in total. The highest BCUT2D eigenvalue weighted by molar-refractivity contribution is 5.97. The normalized spacial score (nSPS) is 16.3. The van der Waals surface area contributed by atoms with Gasteiger partial charge in [-0.15, -0.1) is 6.58 Å². The van der Waals surface area contributed by atoms with Crippen LogP contribution < -0.4 is 5.32 Å². The average Bonchev–Trinajstić information content (AvgIpc) is 3.11. The molecule has 2 aromatic rings. The number of benzene rings is 1. The van der Waals surface area contributed by atoms with Crippen molar-refractivity contribution in [2.75, 3.05) is 6.54 Å². The van der Waals surface area contributed by atoms with Gasteiger partial charge >= 0.3 is 0 Å². The van der Waals surface area contributed by atoms with Crippen LogP contribution in [0.25, 0.3) is 10.9 Å². The lowest BCUT2D eigenvalue weighted by Gasteiger charge is -2.13. The number of amides is 1. The standard InChI is InChI=1S/C15H15FN2O/c1-2-7-17-14(19)15(5-6-15)12-9-18-13-8-10(16)3-4-11(12)13/h2-4,8-9,18H,1,5-7H2,(H,17,19). The highest BCUT2D eigenvalue weighted by atomic mass is 19.1. The summed E-state index contributed by atoms with van der Waals surface area (Å²) in [6, 6.07) is 4.62. The summed E-state index contributed by atoms with van der Waals surface area (Å²) >= 11 is 0. The fraction of sp³-hybridized carbons (Fsp3) is 0.267. The third kappa shape index (κ3) is 1.84. The van der Waals surface area contributed by atoms with Gasteiger partial charge in [0.2, 0.25) is 5.91 Å². The van der Waals surface area contributed by atoms with Gasteiger partial charge in [-0.2, -0.15) is 0 Å². The van der Waals surface area contributed by atoms with Crippen LogP contribution in [0.2, 0.25) is 0 Å². The van der Waals surface area contributed by atoms with E-state index in [0.29, 0.717) is 6.54 Å². The Labute approximate surface area is 110 Å². The lowest BCUT2D eigenvalue weighted by atomic mass is 9.94. The molecule has 98 valence electrons. The van der Waals surface area contributed by atoms with E-state index >= 15 is 0 Å². The van der Waals surface area contributed by atoms with Crippen LogP contribution in [0.3, 0.4) is 0 Å². The number of carbonyl (C=O) groups excluding carboxylic acids is 1. The number of H-pyrrole nitrogens is 1. The molecule has 0 radical (unpaired) electrons. The highest BCUT2D eigenvalue weighted by Crippen LogP contribution is 2.50. The van der Waals surface area contributed by atoms with Crippen LogP contribution in [-0.4, -0.2) is 17.4 Å². The maximum Gasteiger partial charge on any atom is 0.230 e. The predicted molar refractivity (Wildman–Crippen MR) is 72.4 cm³/mol. The molecule has 0 spiro atoms. The smallest absolute Gasteiger partial charge is 0.230 e. The van der Waals surface area contributed by atoms with Gasteiger partial charge in [0, 0.05) is 23.6 Å². The topological polar surface area (TPSA) is 44.9 Å². The molecule has 0 aliphatic heterocycles. The number of rotatable bonds is 4. The zero-order valence-corrected chi connectivity index (χ0v) is 10.5. The molecule has 1 amide bonds. The Morgan fingerprint density at radius 1 is 1.53 bits per heavy atom. The second-order valence-corrected chi connectivity index (χ2v) is 4.97. The van der Waals surface area contributed by atoms with E-state index in [2.05, 4.69) is 16.9 Å². The first-order valence-corrected chi connectivity index (χ1v) is 6.34. The zero-order valence-electron chi connectivity index (χ0n) is 10.5. The molecule has 4 heteroatoms. The van der Waals surface area contributed by atoms with Gasteiger partial charge in [-0.05, 0) is 36.6 Å². The van der Waals surface area contributed by atoms with Crippen molar-refractivity contribution in [3.8, 4) is 0 Å². The Bertz CT molecular complexity index is 655. The number of nitrogens with one attached hydrogen (secondary N) is 2. The second-order valence-electron chi connectivity index (χ2n) is 4.97. The largest absolute Gasteiger partial charge is 0.361 e. The quantitative estimate of drug-likeness (QED) is 0.814. The van der Waals surface area contributed by atoms with Crippen LogP contribution in [0.4, 0.5) is 4.39 Å². The summed E-state index contributed by atoms with van der Waals surface area (Å²) in [5.74, 6) is -0.250. The van der Waals surface area contributed by atoms with E-state index in [9.17, 15) is 9.18 Å². The molecule has 1 saturated carbocycles. The first-order valence-electron chi connectivity index (χ1n) is 6.34. The summed E-state index contributed by atoms with van der Waals surface area (Å²) in [4.78, 5) is 15.3. The highest BCUT2D eigenvalue weighted by Gasteiger charge is 2.52. The van der Waals surface area contributed by atoms with Gasteiger partial charge < -0.3 is 10.3 Å². The van der Waals surface area contributed by atoms with Crippen molar-refractivity contribution in [3.05, 3.63) is 48.4 Å². The number of aromatic amines is 1. The van der Waals surface area contributed by atoms with Crippen LogP contribution in [0.1, 0.15) is 18.4 Å². The Morgan fingerprint density at radius 3 is 3.00 bits per heavy atom. The maximum atomic E-state index is 13.2.